The molecule has 0 amide bonds. The van der Waals surface area contributed by atoms with Crippen molar-refractivity contribution in [3.63, 3.8) is 0 Å². The number of phenolic OH excluding ortho intramolecular Hbond substituents is 1. The first-order valence-electron chi connectivity index (χ1n) is 4.85. The van der Waals surface area contributed by atoms with Gasteiger partial charge in [-0.15, -0.1) is 12.6 Å². The number of carbonyl (C=O) groups is 1. The first-order valence-corrected chi connectivity index (χ1v) is 5.30. The van der Waals surface area contributed by atoms with Crippen LogP contribution in [0.3, 0.4) is 0 Å². The minimum absolute atomic E-state index is 0.0424. The first kappa shape index (κ1) is 11.9. The summed E-state index contributed by atoms with van der Waals surface area (Å²) in [6.45, 7) is 2.01. The van der Waals surface area contributed by atoms with Crippen LogP contribution >= 0.6 is 12.6 Å². The Morgan fingerprint density at radius 2 is 2.20 bits per heavy atom. The van der Waals surface area contributed by atoms with Gasteiger partial charge in [-0.05, 0) is 18.6 Å². The summed E-state index contributed by atoms with van der Waals surface area (Å²) in [6.07, 6.45) is 2.16. The molecule has 0 unspecified atom stereocenters. The summed E-state index contributed by atoms with van der Waals surface area (Å²) in [6, 6.07) is 4.46. The lowest BCUT2D eigenvalue weighted by Crippen LogP contribution is -2.07. The lowest BCUT2D eigenvalue weighted by Gasteiger charge is -2.05. The van der Waals surface area contributed by atoms with Gasteiger partial charge in [0.05, 0.1) is 0 Å². The minimum Gasteiger partial charge on any atom is -0.508 e. The van der Waals surface area contributed by atoms with E-state index in [-0.39, 0.29) is 11.7 Å². The molecule has 0 aliphatic carbocycles. The Hall–Kier alpha value is -1.16. The Bertz CT molecular complexity index is 329. The van der Waals surface area contributed by atoms with Crippen LogP contribution in [0.1, 0.15) is 26.2 Å². The van der Waals surface area contributed by atoms with Crippen LogP contribution in [0.5, 0.6) is 11.5 Å². The average Bonchev–Trinajstić information content (AvgIpc) is 2.13. The zero-order valence-corrected chi connectivity index (χ0v) is 9.46. The predicted octanol–water partition coefficient (Wildman–Crippen LogP) is 2.78. The normalized spacial score (nSPS) is 10.0. The van der Waals surface area contributed by atoms with Crippen LogP contribution in [0.2, 0.25) is 0 Å². The van der Waals surface area contributed by atoms with E-state index in [2.05, 4.69) is 12.6 Å². The smallest absolute Gasteiger partial charge is 0.311 e. The molecule has 82 valence electrons. The van der Waals surface area contributed by atoms with E-state index in [0.29, 0.717) is 17.1 Å². The van der Waals surface area contributed by atoms with Crippen LogP contribution in [0.4, 0.5) is 0 Å². The van der Waals surface area contributed by atoms with Crippen molar-refractivity contribution < 1.29 is 14.6 Å². The number of ether oxygens (including phenoxy) is 1. The molecule has 4 heteroatoms. The highest BCUT2D eigenvalue weighted by molar-refractivity contribution is 7.80. The molecule has 0 aliphatic heterocycles. The van der Waals surface area contributed by atoms with Crippen molar-refractivity contribution in [1.29, 1.82) is 0 Å². The summed E-state index contributed by atoms with van der Waals surface area (Å²) in [7, 11) is 0. The highest BCUT2D eigenvalue weighted by Gasteiger charge is 2.05. The number of thiol groups is 1. The molecule has 0 bridgehead atoms. The van der Waals surface area contributed by atoms with Gasteiger partial charge in [-0.1, -0.05) is 13.3 Å². The summed E-state index contributed by atoms with van der Waals surface area (Å²) in [5.74, 6) is 0.0945. The number of benzene rings is 1. The van der Waals surface area contributed by atoms with Crippen LogP contribution in [0, 0.1) is 0 Å². The SMILES string of the molecule is CCCCC(=O)Oc1cc(O)cc(S)c1. The molecule has 0 fully saturated rings. The molecule has 0 aliphatic rings. The van der Waals surface area contributed by atoms with Crippen LogP contribution in [0.15, 0.2) is 23.1 Å². The molecule has 0 atom stereocenters. The van der Waals surface area contributed by atoms with E-state index in [1.165, 1.54) is 12.1 Å². The molecule has 0 spiro atoms. The Labute approximate surface area is 94.5 Å². The third-order valence-corrected chi connectivity index (χ3v) is 2.10. The maximum Gasteiger partial charge on any atom is 0.311 e. The standard InChI is InChI=1S/C11H14O3S/c1-2-3-4-11(13)14-9-5-8(12)6-10(15)7-9/h5-7,12,15H,2-4H2,1H3. The van der Waals surface area contributed by atoms with Gasteiger partial charge < -0.3 is 9.84 Å². The maximum atomic E-state index is 11.3. The second kappa shape index (κ2) is 5.66. The molecule has 0 saturated carbocycles. The fourth-order valence-electron chi connectivity index (χ4n) is 1.13. The van der Waals surface area contributed by atoms with Gasteiger partial charge >= 0.3 is 5.97 Å². The van der Waals surface area contributed by atoms with E-state index in [1.807, 2.05) is 6.92 Å². The largest absolute Gasteiger partial charge is 0.508 e. The molecule has 0 aromatic heterocycles. The number of hydrogen-bond donors (Lipinski definition) is 2. The average molecular weight is 226 g/mol. The van der Waals surface area contributed by atoms with Crippen molar-refractivity contribution in [2.45, 2.75) is 31.1 Å². The van der Waals surface area contributed by atoms with Gasteiger partial charge in [-0.3, -0.25) is 4.79 Å². The zero-order chi connectivity index (χ0) is 11.3. The van der Waals surface area contributed by atoms with E-state index >= 15 is 0 Å². The van der Waals surface area contributed by atoms with Crippen LogP contribution in [-0.2, 0) is 4.79 Å². The highest BCUT2D eigenvalue weighted by atomic mass is 32.1. The summed E-state index contributed by atoms with van der Waals surface area (Å²) in [5.41, 5.74) is 0. The molecule has 1 rings (SSSR count). The molecular weight excluding hydrogens is 212 g/mol. The maximum absolute atomic E-state index is 11.3. The molecule has 0 radical (unpaired) electrons. The van der Waals surface area contributed by atoms with Gasteiger partial charge in [0.15, 0.2) is 0 Å². The molecule has 1 aromatic carbocycles. The van der Waals surface area contributed by atoms with E-state index in [4.69, 9.17) is 4.74 Å². The van der Waals surface area contributed by atoms with Crippen molar-refractivity contribution in [2.24, 2.45) is 0 Å². The number of carbonyl (C=O) groups excluding carboxylic acids is 1. The predicted molar refractivity (Wildman–Crippen MR) is 60.5 cm³/mol. The quantitative estimate of drug-likeness (QED) is 0.471. The number of phenols is 1. The number of aromatic hydroxyl groups is 1. The lowest BCUT2D eigenvalue weighted by molar-refractivity contribution is -0.134. The Kier molecular flexibility index (Phi) is 4.49. The van der Waals surface area contributed by atoms with Gasteiger partial charge in [0.1, 0.15) is 11.5 Å². The summed E-state index contributed by atoms with van der Waals surface area (Å²) in [4.78, 5) is 11.8. The fraction of sp³-hybridized carbons (Fsp3) is 0.364. The molecular formula is C11H14O3S. The van der Waals surface area contributed by atoms with Crippen molar-refractivity contribution in [1.82, 2.24) is 0 Å². The van der Waals surface area contributed by atoms with Crippen molar-refractivity contribution in [3.05, 3.63) is 18.2 Å². The first-order chi connectivity index (χ1) is 7.11. The van der Waals surface area contributed by atoms with Gasteiger partial charge in [-0.2, -0.15) is 0 Å². The summed E-state index contributed by atoms with van der Waals surface area (Å²) < 4.78 is 5.03. The van der Waals surface area contributed by atoms with Gasteiger partial charge in [0, 0.05) is 17.4 Å². The molecule has 1 N–H and O–H groups in total. The fourth-order valence-corrected chi connectivity index (χ4v) is 1.39. The molecule has 0 saturated heterocycles. The lowest BCUT2D eigenvalue weighted by atomic mass is 10.2. The van der Waals surface area contributed by atoms with E-state index in [0.717, 1.165) is 12.8 Å². The monoisotopic (exact) mass is 226 g/mol. The minimum atomic E-state index is -0.282. The van der Waals surface area contributed by atoms with E-state index in [9.17, 15) is 9.90 Å². The number of unbranched alkanes of at least 4 members (excludes halogenated alkanes) is 1. The van der Waals surface area contributed by atoms with Crippen molar-refractivity contribution >= 4 is 18.6 Å². The van der Waals surface area contributed by atoms with Gasteiger partial charge in [0.2, 0.25) is 0 Å². The number of rotatable bonds is 4. The topological polar surface area (TPSA) is 46.5 Å². The molecule has 0 heterocycles. The van der Waals surface area contributed by atoms with E-state index in [1.54, 1.807) is 6.07 Å². The summed E-state index contributed by atoms with van der Waals surface area (Å²) in [5, 5.41) is 9.24. The van der Waals surface area contributed by atoms with Crippen molar-refractivity contribution in [2.75, 3.05) is 0 Å². The Morgan fingerprint density at radius 1 is 1.47 bits per heavy atom. The molecule has 1 aromatic rings. The van der Waals surface area contributed by atoms with E-state index < -0.39 is 0 Å². The third-order valence-electron chi connectivity index (χ3n) is 1.84. The van der Waals surface area contributed by atoms with Gasteiger partial charge in [-0.25, -0.2) is 0 Å². The van der Waals surface area contributed by atoms with Crippen LogP contribution in [0.25, 0.3) is 0 Å². The Morgan fingerprint density at radius 3 is 2.80 bits per heavy atom. The zero-order valence-electron chi connectivity index (χ0n) is 8.56. The van der Waals surface area contributed by atoms with Crippen LogP contribution in [-0.4, -0.2) is 11.1 Å². The second-order valence-electron chi connectivity index (χ2n) is 3.26. The summed E-state index contributed by atoms with van der Waals surface area (Å²) >= 11 is 4.07. The van der Waals surface area contributed by atoms with Crippen molar-refractivity contribution in [3.8, 4) is 11.5 Å². The molecule has 15 heavy (non-hydrogen) atoms. The molecule has 3 nitrogen and oxygen atoms in total. The van der Waals surface area contributed by atoms with Gasteiger partial charge in [0.25, 0.3) is 0 Å². The number of hydrogen-bond acceptors (Lipinski definition) is 4. The highest BCUT2D eigenvalue weighted by Crippen LogP contribution is 2.24. The van der Waals surface area contributed by atoms with Crippen LogP contribution < -0.4 is 4.74 Å². The number of esters is 1. The second-order valence-corrected chi connectivity index (χ2v) is 3.78. The Balaban J connectivity index is 2.60. The third kappa shape index (κ3) is 4.25.